The number of hydrogen-bond acceptors (Lipinski definition) is 4. The fourth-order valence-electron chi connectivity index (χ4n) is 3.99. The molecule has 33 heavy (non-hydrogen) atoms. The van der Waals surface area contributed by atoms with Crippen LogP contribution >= 0.6 is 0 Å². The van der Waals surface area contributed by atoms with Crippen molar-refractivity contribution in [3.8, 4) is 0 Å². The molecule has 1 atom stereocenters. The van der Waals surface area contributed by atoms with Crippen molar-refractivity contribution in [2.75, 3.05) is 23.7 Å². The smallest absolute Gasteiger partial charge is 0.244 e. The molecule has 2 rings (SSSR count). The minimum absolute atomic E-state index is 0.209. The Balaban J connectivity index is 2.49. The van der Waals surface area contributed by atoms with Gasteiger partial charge in [0.1, 0.15) is 12.6 Å². The Hall–Kier alpha value is -2.87. The van der Waals surface area contributed by atoms with E-state index in [2.05, 4.69) is 5.32 Å². The van der Waals surface area contributed by atoms with E-state index >= 15 is 0 Å². The van der Waals surface area contributed by atoms with Crippen LogP contribution in [-0.2, 0) is 26.2 Å². The van der Waals surface area contributed by atoms with E-state index in [1.807, 2.05) is 77.1 Å². The van der Waals surface area contributed by atoms with Crippen molar-refractivity contribution in [2.24, 2.45) is 0 Å². The van der Waals surface area contributed by atoms with Crippen LogP contribution in [0.15, 0.2) is 42.5 Å². The van der Waals surface area contributed by atoms with Crippen LogP contribution in [0.25, 0.3) is 0 Å². The Morgan fingerprint density at radius 3 is 2.12 bits per heavy atom. The van der Waals surface area contributed by atoms with E-state index in [1.165, 1.54) is 4.90 Å². The molecule has 0 aliphatic rings. The Bertz CT molecular complexity index is 1080. The van der Waals surface area contributed by atoms with Gasteiger partial charge in [-0.3, -0.25) is 13.9 Å². The van der Waals surface area contributed by atoms with Gasteiger partial charge >= 0.3 is 0 Å². The zero-order valence-electron chi connectivity index (χ0n) is 20.4. The molecule has 0 heterocycles. The average molecular weight is 474 g/mol. The maximum atomic E-state index is 13.6. The number of nitrogens with one attached hydrogen (secondary N) is 1. The molecule has 0 aromatic heterocycles. The predicted molar refractivity (Wildman–Crippen MR) is 133 cm³/mol. The number of likely N-dealkylation sites (N-methyl/N-ethyl adjacent to an activating group) is 1. The number of carbonyl (C=O) groups is 2. The first-order valence-electron chi connectivity index (χ1n) is 11.2. The third-order valence-electron chi connectivity index (χ3n) is 5.54. The van der Waals surface area contributed by atoms with Crippen molar-refractivity contribution in [1.82, 2.24) is 10.2 Å². The standard InChI is InChI=1S/C25H35N3O4S/c1-7-22(25(30)26-8-2)27(16-21-14-9-11-18(3)15-21)23(29)17-28(33(6,31)32)24-19(4)12-10-13-20(24)5/h9-15,22H,7-8,16-17H2,1-6H3,(H,26,30)/t22-/m1/s1. The molecule has 0 bridgehead atoms. The molecule has 0 unspecified atom stereocenters. The predicted octanol–water partition coefficient (Wildman–Crippen LogP) is 3.32. The number of amides is 2. The second-order valence-corrected chi connectivity index (χ2v) is 10.2. The van der Waals surface area contributed by atoms with Crippen LogP contribution in [0.5, 0.6) is 0 Å². The van der Waals surface area contributed by atoms with E-state index < -0.39 is 22.0 Å². The fourth-order valence-corrected chi connectivity index (χ4v) is 4.96. The number of aryl methyl sites for hydroxylation is 3. The lowest BCUT2D eigenvalue weighted by molar-refractivity contribution is -0.140. The highest BCUT2D eigenvalue weighted by molar-refractivity contribution is 7.92. The van der Waals surface area contributed by atoms with E-state index in [1.54, 1.807) is 0 Å². The summed E-state index contributed by atoms with van der Waals surface area (Å²) in [4.78, 5) is 27.9. The van der Waals surface area contributed by atoms with Crippen LogP contribution in [0.4, 0.5) is 5.69 Å². The Morgan fingerprint density at radius 2 is 1.61 bits per heavy atom. The summed E-state index contributed by atoms with van der Waals surface area (Å²) >= 11 is 0. The number of nitrogens with zero attached hydrogens (tertiary/aromatic N) is 2. The summed E-state index contributed by atoms with van der Waals surface area (Å²) in [6.07, 6.45) is 1.50. The second kappa shape index (κ2) is 11.3. The molecule has 0 saturated heterocycles. The number of carbonyl (C=O) groups excluding carboxylic acids is 2. The minimum atomic E-state index is -3.75. The summed E-state index contributed by atoms with van der Waals surface area (Å²) in [5, 5.41) is 2.80. The maximum Gasteiger partial charge on any atom is 0.244 e. The monoisotopic (exact) mass is 473 g/mol. The average Bonchev–Trinajstić information content (AvgIpc) is 2.72. The highest BCUT2D eigenvalue weighted by Gasteiger charge is 2.32. The molecule has 180 valence electrons. The molecule has 7 nitrogen and oxygen atoms in total. The first kappa shape index (κ1) is 26.4. The number of anilines is 1. The van der Waals surface area contributed by atoms with Crippen LogP contribution in [0.3, 0.4) is 0 Å². The third kappa shape index (κ3) is 6.81. The van der Waals surface area contributed by atoms with Crippen LogP contribution in [0, 0.1) is 20.8 Å². The lowest BCUT2D eigenvalue weighted by Crippen LogP contribution is -2.52. The highest BCUT2D eigenvalue weighted by Crippen LogP contribution is 2.27. The fraction of sp³-hybridized carbons (Fsp3) is 0.440. The zero-order chi connectivity index (χ0) is 24.8. The number of hydrogen-bond donors (Lipinski definition) is 1. The topological polar surface area (TPSA) is 86.8 Å². The van der Waals surface area contributed by atoms with E-state index in [9.17, 15) is 18.0 Å². The third-order valence-corrected chi connectivity index (χ3v) is 6.65. The quantitative estimate of drug-likeness (QED) is 0.574. The molecule has 0 fully saturated rings. The van der Waals surface area contributed by atoms with Crippen LogP contribution in [0.2, 0.25) is 0 Å². The molecule has 2 aromatic rings. The summed E-state index contributed by atoms with van der Waals surface area (Å²) in [7, 11) is -3.75. The van der Waals surface area contributed by atoms with Crippen molar-refractivity contribution >= 4 is 27.5 Å². The number of sulfonamides is 1. The number of rotatable bonds is 10. The normalized spacial score (nSPS) is 12.2. The van der Waals surface area contributed by atoms with Gasteiger partial charge in [0.05, 0.1) is 11.9 Å². The molecule has 1 N–H and O–H groups in total. The van der Waals surface area contributed by atoms with Crippen LogP contribution in [-0.4, -0.2) is 50.5 Å². The van der Waals surface area contributed by atoms with E-state index in [0.29, 0.717) is 18.7 Å². The summed E-state index contributed by atoms with van der Waals surface area (Å²) < 4.78 is 26.6. The maximum absolute atomic E-state index is 13.6. The number of benzene rings is 2. The van der Waals surface area contributed by atoms with Crippen molar-refractivity contribution in [3.05, 3.63) is 64.7 Å². The molecule has 2 amide bonds. The SMILES string of the molecule is CCNC(=O)[C@@H](CC)N(Cc1cccc(C)c1)C(=O)CN(c1c(C)cccc1C)S(C)(=O)=O. The van der Waals surface area contributed by atoms with E-state index in [0.717, 1.165) is 32.8 Å². The molecular weight excluding hydrogens is 438 g/mol. The van der Waals surface area contributed by atoms with Gasteiger partial charge in [-0.25, -0.2) is 8.42 Å². The van der Waals surface area contributed by atoms with Crippen molar-refractivity contribution in [2.45, 2.75) is 53.6 Å². The Kier molecular flexibility index (Phi) is 9.05. The second-order valence-electron chi connectivity index (χ2n) is 8.34. The molecule has 0 saturated carbocycles. The number of para-hydroxylation sites is 1. The minimum Gasteiger partial charge on any atom is -0.355 e. The molecule has 0 radical (unpaired) electrons. The molecule has 0 aliphatic carbocycles. The van der Waals surface area contributed by atoms with Gasteiger partial charge in [-0.05, 0) is 50.8 Å². The molecule has 0 spiro atoms. The molecular formula is C25H35N3O4S. The lowest BCUT2D eigenvalue weighted by atomic mass is 10.1. The van der Waals surface area contributed by atoms with Gasteiger partial charge in [0, 0.05) is 13.1 Å². The van der Waals surface area contributed by atoms with E-state index in [-0.39, 0.29) is 19.0 Å². The lowest BCUT2D eigenvalue weighted by Gasteiger charge is -2.33. The van der Waals surface area contributed by atoms with Crippen molar-refractivity contribution in [1.29, 1.82) is 0 Å². The largest absolute Gasteiger partial charge is 0.355 e. The first-order chi connectivity index (χ1) is 15.5. The summed E-state index contributed by atoms with van der Waals surface area (Å²) in [6.45, 7) is 9.54. The van der Waals surface area contributed by atoms with Gasteiger partial charge in [-0.2, -0.15) is 0 Å². The zero-order valence-corrected chi connectivity index (χ0v) is 21.2. The van der Waals surface area contributed by atoms with Gasteiger partial charge in [0.2, 0.25) is 21.8 Å². The first-order valence-corrected chi connectivity index (χ1v) is 13.0. The van der Waals surface area contributed by atoms with Gasteiger partial charge in [0.15, 0.2) is 0 Å². The Labute approximate surface area is 197 Å². The summed E-state index contributed by atoms with van der Waals surface area (Å²) in [6, 6.07) is 12.5. The van der Waals surface area contributed by atoms with Crippen molar-refractivity contribution in [3.63, 3.8) is 0 Å². The van der Waals surface area contributed by atoms with Crippen molar-refractivity contribution < 1.29 is 18.0 Å². The van der Waals surface area contributed by atoms with Crippen LogP contribution < -0.4 is 9.62 Å². The summed E-state index contributed by atoms with van der Waals surface area (Å²) in [5.41, 5.74) is 3.93. The summed E-state index contributed by atoms with van der Waals surface area (Å²) in [5.74, 6) is -0.679. The van der Waals surface area contributed by atoms with Gasteiger partial charge in [-0.1, -0.05) is 55.0 Å². The Morgan fingerprint density at radius 1 is 1.00 bits per heavy atom. The molecule has 8 heteroatoms. The molecule has 2 aromatic carbocycles. The molecule has 0 aliphatic heterocycles. The van der Waals surface area contributed by atoms with Gasteiger partial charge in [-0.15, -0.1) is 0 Å². The van der Waals surface area contributed by atoms with Crippen LogP contribution in [0.1, 0.15) is 42.5 Å². The van der Waals surface area contributed by atoms with E-state index in [4.69, 9.17) is 0 Å². The van der Waals surface area contributed by atoms with Gasteiger partial charge in [0.25, 0.3) is 0 Å². The van der Waals surface area contributed by atoms with Gasteiger partial charge < -0.3 is 10.2 Å². The highest BCUT2D eigenvalue weighted by atomic mass is 32.2.